The zero-order valence-corrected chi connectivity index (χ0v) is 15.9. The van der Waals surface area contributed by atoms with Crippen LogP contribution in [-0.2, 0) is 0 Å². The summed E-state index contributed by atoms with van der Waals surface area (Å²) >= 11 is 0. The summed E-state index contributed by atoms with van der Waals surface area (Å²) in [5.41, 5.74) is 3.64. The number of hydrogen-bond donors (Lipinski definition) is 1. The molecule has 3 heterocycles. The first-order valence-corrected chi connectivity index (χ1v) is 9.22. The quantitative estimate of drug-likeness (QED) is 0.280. The molecular weight excluding hydrogens is 382 g/mol. The van der Waals surface area contributed by atoms with Crippen molar-refractivity contribution in [2.24, 2.45) is 0 Å². The predicted molar refractivity (Wildman–Crippen MR) is 114 cm³/mol. The van der Waals surface area contributed by atoms with Crippen molar-refractivity contribution in [3.8, 4) is 16.9 Å². The van der Waals surface area contributed by atoms with Crippen LogP contribution >= 0.6 is 0 Å². The molecule has 2 aromatic carbocycles. The Bertz CT molecular complexity index is 1500. The number of fused-ring (bicyclic) bond motifs is 3. The number of nitrogens with zero attached hydrogens (tertiary/aromatic N) is 4. The molecule has 8 heteroatoms. The maximum Gasteiger partial charge on any atom is 0.274 e. The number of rotatable bonds is 3. The Kier molecular flexibility index (Phi) is 3.92. The van der Waals surface area contributed by atoms with Gasteiger partial charge in [0.25, 0.3) is 11.2 Å². The largest absolute Gasteiger partial charge is 0.351 e. The van der Waals surface area contributed by atoms with Crippen molar-refractivity contribution in [3.63, 3.8) is 0 Å². The van der Waals surface area contributed by atoms with Crippen LogP contribution in [0.4, 0.5) is 5.69 Å². The maximum absolute atomic E-state index is 12.9. The fourth-order valence-electron chi connectivity index (χ4n) is 3.68. The number of nitro groups is 1. The minimum atomic E-state index is -0.440. The van der Waals surface area contributed by atoms with Gasteiger partial charge in [-0.1, -0.05) is 12.1 Å². The molecule has 0 unspecified atom stereocenters. The molecule has 0 spiro atoms. The van der Waals surface area contributed by atoms with Gasteiger partial charge in [-0.05, 0) is 31.2 Å². The van der Waals surface area contributed by atoms with Crippen LogP contribution in [0.1, 0.15) is 5.56 Å². The van der Waals surface area contributed by atoms with Gasteiger partial charge in [-0.3, -0.25) is 24.5 Å². The zero-order chi connectivity index (χ0) is 20.8. The average molecular weight is 397 g/mol. The first kappa shape index (κ1) is 17.7. The number of nitro benzene ring substituents is 1. The van der Waals surface area contributed by atoms with Crippen molar-refractivity contribution in [2.75, 3.05) is 0 Å². The van der Waals surface area contributed by atoms with Crippen molar-refractivity contribution >= 4 is 27.5 Å². The van der Waals surface area contributed by atoms with Gasteiger partial charge in [-0.25, -0.2) is 4.98 Å². The van der Waals surface area contributed by atoms with Gasteiger partial charge in [0.1, 0.15) is 0 Å². The van der Waals surface area contributed by atoms with Gasteiger partial charge in [0.05, 0.1) is 33.7 Å². The number of aromatic nitrogens is 4. The second kappa shape index (κ2) is 6.63. The van der Waals surface area contributed by atoms with Crippen LogP contribution in [0.15, 0.2) is 72.0 Å². The van der Waals surface area contributed by atoms with E-state index >= 15 is 0 Å². The fourth-order valence-corrected chi connectivity index (χ4v) is 3.68. The summed E-state index contributed by atoms with van der Waals surface area (Å²) in [5.74, 6) is 0. The van der Waals surface area contributed by atoms with E-state index in [4.69, 9.17) is 0 Å². The monoisotopic (exact) mass is 397 g/mol. The molecule has 146 valence electrons. The standard InChI is InChI=1S/C22H15N5O3/c1-13-2-5-16(9-20(13)27(29)30)26-21(28)7-4-15-10-24-18-6-3-14(8-17(18)22(15)26)19-11-23-12-25-19/h2-12H,1H3,(H,23,25). The number of nitrogens with one attached hydrogen (secondary N) is 1. The molecule has 3 aromatic heterocycles. The third kappa shape index (κ3) is 2.74. The molecule has 0 aliphatic rings. The molecule has 30 heavy (non-hydrogen) atoms. The van der Waals surface area contributed by atoms with Gasteiger partial charge in [0.2, 0.25) is 0 Å². The maximum atomic E-state index is 12.9. The Morgan fingerprint density at radius 2 is 1.93 bits per heavy atom. The minimum absolute atomic E-state index is 0.0352. The number of hydrogen-bond acceptors (Lipinski definition) is 5. The first-order chi connectivity index (χ1) is 14.5. The Balaban J connectivity index is 1.89. The minimum Gasteiger partial charge on any atom is -0.351 e. The van der Waals surface area contributed by atoms with Crippen LogP contribution in [0.3, 0.4) is 0 Å². The van der Waals surface area contributed by atoms with Gasteiger partial charge in [-0.2, -0.15) is 0 Å². The van der Waals surface area contributed by atoms with Gasteiger partial charge < -0.3 is 4.98 Å². The summed E-state index contributed by atoms with van der Waals surface area (Å²) in [5, 5.41) is 13.0. The number of benzene rings is 2. The number of aromatic amines is 1. The lowest BCUT2D eigenvalue weighted by molar-refractivity contribution is -0.385. The molecule has 0 amide bonds. The molecule has 0 aliphatic carbocycles. The van der Waals surface area contributed by atoms with Crippen molar-refractivity contribution in [1.82, 2.24) is 19.5 Å². The van der Waals surface area contributed by atoms with E-state index in [1.165, 1.54) is 16.7 Å². The van der Waals surface area contributed by atoms with Crippen molar-refractivity contribution < 1.29 is 4.92 Å². The van der Waals surface area contributed by atoms with E-state index in [0.717, 1.165) is 22.0 Å². The first-order valence-electron chi connectivity index (χ1n) is 9.22. The molecule has 5 aromatic rings. The lowest BCUT2D eigenvalue weighted by Gasteiger charge is -2.13. The lowest BCUT2D eigenvalue weighted by Crippen LogP contribution is -2.18. The summed E-state index contributed by atoms with van der Waals surface area (Å²) in [4.78, 5) is 35.6. The van der Waals surface area contributed by atoms with Gasteiger partial charge in [0, 0.05) is 46.4 Å². The summed E-state index contributed by atoms with van der Waals surface area (Å²) in [7, 11) is 0. The van der Waals surface area contributed by atoms with Crippen molar-refractivity contribution in [2.45, 2.75) is 6.92 Å². The topological polar surface area (TPSA) is 107 Å². The highest BCUT2D eigenvalue weighted by Crippen LogP contribution is 2.30. The highest BCUT2D eigenvalue weighted by molar-refractivity contribution is 6.05. The highest BCUT2D eigenvalue weighted by atomic mass is 16.6. The molecule has 0 saturated heterocycles. The number of H-pyrrole nitrogens is 1. The Morgan fingerprint density at radius 3 is 2.70 bits per heavy atom. The van der Waals surface area contributed by atoms with Crippen LogP contribution in [0, 0.1) is 17.0 Å². The second-order valence-corrected chi connectivity index (χ2v) is 6.98. The van der Waals surface area contributed by atoms with E-state index in [1.807, 2.05) is 18.2 Å². The highest BCUT2D eigenvalue weighted by Gasteiger charge is 2.16. The SMILES string of the molecule is Cc1ccc(-n2c(=O)ccc3cnc4ccc(-c5c[nH]cn5)cc4c32)cc1[N+](=O)[O-]. The number of aryl methyl sites for hydroxylation is 1. The van der Waals surface area contributed by atoms with E-state index < -0.39 is 4.92 Å². The molecular formula is C22H15N5O3. The predicted octanol–water partition coefficient (Wildman–Crippen LogP) is 4.15. The third-order valence-corrected chi connectivity index (χ3v) is 5.16. The van der Waals surface area contributed by atoms with Crippen LogP contribution in [0.5, 0.6) is 0 Å². The average Bonchev–Trinajstić information content (AvgIpc) is 3.28. The Labute approximate surface area is 169 Å². The number of pyridine rings is 2. The van der Waals surface area contributed by atoms with Crippen LogP contribution in [-0.4, -0.2) is 24.4 Å². The normalized spacial score (nSPS) is 11.2. The van der Waals surface area contributed by atoms with Crippen LogP contribution in [0.25, 0.3) is 38.8 Å². The summed E-state index contributed by atoms with van der Waals surface area (Å²) < 4.78 is 1.50. The van der Waals surface area contributed by atoms with Crippen LogP contribution in [0.2, 0.25) is 0 Å². The lowest BCUT2D eigenvalue weighted by atomic mass is 10.1. The van der Waals surface area contributed by atoms with E-state index in [-0.39, 0.29) is 11.2 Å². The van der Waals surface area contributed by atoms with Gasteiger partial charge >= 0.3 is 0 Å². The summed E-state index contributed by atoms with van der Waals surface area (Å²) in [6.07, 6.45) is 5.09. The zero-order valence-electron chi connectivity index (χ0n) is 15.9. The Morgan fingerprint density at radius 1 is 1.07 bits per heavy atom. The summed E-state index contributed by atoms with van der Waals surface area (Å²) in [6.45, 7) is 1.67. The van der Waals surface area contributed by atoms with Crippen LogP contribution < -0.4 is 5.56 Å². The molecule has 0 bridgehead atoms. The van der Waals surface area contributed by atoms with E-state index in [2.05, 4.69) is 15.0 Å². The summed E-state index contributed by atoms with van der Waals surface area (Å²) in [6, 6.07) is 13.7. The molecule has 8 nitrogen and oxygen atoms in total. The third-order valence-electron chi connectivity index (χ3n) is 5.16. The molecule has 0 radical (unpaired) electrons. The van der Waals surface area contributed by atoms with E-state index in [9.17, 15) is 14.9 Å². The molecule has 0 fully saturated rings. The number of imidazole rings is 1. The van der Waals surface area contributed by atoms with Gasteiger partial charge in [0.15, 0.2) is 0 Å². The smallest absolute Gasteiger partial charge is 0.274 e. The van der Waals surface area contributed by atoms with E-state index in [0.29, 0.717) is 22.3 Å². The molecule has 0 atom stereocenters. The molecule has 5 rings (SSSR count). The Hall–Kier alpha value is -4.33. The van der Waals surface area contributed by atoms with Crippen molar-refractivity contribution in [1.29, 1.82) is 0 Å². The van der Waals surface area contributed by atoms with E-state index in [1.54, 1.807) is 43.8 Å². The van der Waals surface area contributed by atoms with Crippen molar-refractivity contribution in [3.05, 3.63) is 93.3 Å². The fraction of sp³-hybridized carbons (Fsp3) is 0.0455. The molecule has 0 saturated carbocycles. The van der Waals surface area contributed by atoms with Gasteiger partial charge in [-0.15, -0.1) is 0 Å². The molecule has 0 aliphatic heterocycles. The molecule has 1 N–H and O–H groups in total. The second-order valence-electron chi connectivity index (χ2n) is 6.98.